The van der Waals surface area contributed by atoms with Gasteiger partial charge in [-0.15, -0.1) is 0 Å². The average molecular weight is 1280 g/mol. The third kappa shape index (κ3) is 14.7. The molecule has 21 N–H and O–H groups in total. The van der Waals surface area contributed by atoms with E-state index in [0.717, 1.165) is 6.92 Å². The molecule has 8 fully saturated rings. The van der Waals surface area contributed by atoms with Crippen LogP contribution in [0.15, 0.2) is 0 Å². The van der Waals surface area contributed by atoms with E-state index in [1.165, 1.54) is 34.6 Å². The van der Waals surface area contributed by atoms with Crippen LogP contribution in [0, 0.1) is 0 Å². The molecule has 8 heterocycles. The lowest BCUT2D eigenvalue weighted by Gasteiger charge is -2.51. The van der Waals surface area contributed by atoms with Crippen molar-refractivity contribution in [2.45, 2.75) is 287 Å². The van der Waals surface area contributed by atoms with Gasteiger partial charge in [0.2, 0.25) is 5.91 Å². The normalized spacial score (nSPS) is 54.5. The van der Waals surface area contributed by atoms with Crippen molar-refractivity contribution in [1.82, 2.24) is 5.32 Å². The molecule has 0 radical (unpaired) electrons. The van der Waals surface area contributed by atoms with Gasteiger partial charge < -0.3 is 179 Å². The van der Waals surface area contributed by atoms with E-state index in [2.05, 4.69) is 5.32 Å². The maximum atomic E-state index is 13.1. The van der Waals surface area contributed by atoms with Gasteiger partial charge in [-0.05, 0) is 34.6 Å². The smallest absolute Gasteiger partial charge is 0.217 e. The van der Waals surface area contributed by atoms with E-state index in [1.807, 2.05) is 0 Å². The Morgan fingerprint density at radius 3 is 1.07 bits per heavy atom. The minimum atomic E-state index is -2.21. The number of rotatable bonds is 18. The minimum absolute atomic E-state index is 0.856. The molecule has 87 heavy (non-hydrogen) atoms. The van der Waals surface area contributed by atoms with Crippen LogP contribution in [0.2, 0.25) is 0 Å². The van der Waals surface area contributed by atoms with Crippen molar-refractivity contribution in [3.8, 4) is 0 Å². The van der Waals surface area contributed by atoms with Gasteiger partial charge in [-0.3, -0.25) is 4.79 Å². The predicted octanol–water partition coefficient (Wildman–Crippen LogP) is -13.2. The zero-order valence-corrected chi connectivity index (χ0v) is 47.7. The van der Waals surface area contributed by atoms with Crippen molar-refractivity contribution in [3.63, 3.8) is 0 Å². The number of carbonyl (C=O) groups is 1. The topological polar surface area (TPSA) is 572 Å². The van der Waals surface area contributed by atoms with Crippen molar-refractivity contribution < 1.29 is 178 Å². The Balaban J connectivity index is 1.07. The summed E-state index contributed by atoms with van der Waals surface area (Å²) in [6, 6.07) is -1.84. The van der Waals surface area contributed by atoms with Crippen molar-refractivity contribution in [2.24, 2.45) is 0 Å². The van der Waals surface area contributed by atoms with Crippen LogP contribution >= 0.6 is 0 Å². The van der Waals surface area contributed by atoms with Crippen LogP contribution in [0.25, 0.3) is 0 Å². The van der Waals surface area contributed by atoms with Crippen LogP contribution in [0.1, 0.15) is 41.5 Å². The van der Waals surface area contributed by atoms with Gasteiger partial charge in [-0.1, -0.05) is 0 Å². The summed E-state index contributed by atoms with van der Waals surface area (Å²) in [6.45, 7) is 4.73. The number of aliphatic hydroxyl groups is 20. The van der Waals surface area contributed by atoms with Crippen LogP contribution in [0.3, 0.4) is 0 Å². The van der Waals surface area contributed by atoms with Crippen LogP contribution in [0.5, 0.6) is 0 Å². The molecule has 40 atom stereocenters. The van der Waals surface area contributed by atoms with Crippen LogP contribution < -0.4 is 5.32 Å². The number of ether oxygens (including phenoxy) is 15. The number of amides is 1. The molecular weight excluding hydrogens is 1190 g/mol. The van der Waals surface area contributed by atoms with E-state index in [9.17, 15) is 107 Å². The molecule has 8 aliphatic rings. The maximum absolute atomic E-state index is 13.1. The van der Waals surface area contributed by atoms with Crippen LogP contribution in [-0.4, -0.2) is 373 Å². The SMILES string of the molecule is CC(=O)N[C@H]1[C@@H](O[C@H]2[C@@H](O[C@H]3[C@@H](O[C@@H]4[C@H](O)[C@@H](O)O[C@@H](C)[C@@H]4O[C@@H]4O[C@@H](CO)[C@H](O)[C@H](O)[C@H]4O)O[C@H](C)[C@@H](O)[C@H]3O)O[C@H](C)[C@@H](O)[C@H]2O)O[C@@H](CO)[C@H](O)[C@@H]1O[C@H]1O[C@H](C)[C@@H](O[C@@H]2O[C@@H](CO)[C@H](O)[C@H](O)[C@H]2O)[C@@H](O[C@H]2O[C@H](C)[C@@H](O)[C@@H](O)[C@@H]2O)[C@H]1O. The monoisotopic (exact) mass is 1280 g/mol. The first-order valence-corrected chi connectivity index (χ1v) is 28.4. The molecule has 0 aromatic carbocycles. The summed E-state index contributed by atoms with van der Waals surface area (Å²) in [5, 5.41) is 221. The lowest BCUT2D eigenvalue weighted by atomic mass is 9.94. The fourth-order valence-electron chi connectivity index (χ4n) is 11.6. The largest absolute Gasteiger partial charge is 0.394 e. The Morgan fingerprint density at radius 1 is 0.299 bits per heavy atom. The molecule has 0 bridgehead atoms. The average Bonchev–Trinajstić information content (AvgIpc) is 0.968. The third-order valence-electron chi connectivity index (χ3n) is 16.9. The highest BCUT2D eigenvalue weighted by molar-refractivity contribution is 5.73. The highest BCUT2D eigenvalue weighted by Crippen LogP contribution is 2.40. The lowest BCUT2D eigenvalue weighted by Crippen LogP contribution is -2.70. The van der Waals surface area contributed by atoms with Gasteiger partial charge in [-0.2, -0.15) is 0 Å². The quantitative estimate of drug-likeness (QED) is 0.0606. The zero-order chi connectivity index (χ0) is 64.1. The summed E-state index contributed by atoms with van der Waals surface area (Å²) in [7, 11) is 0. The van der Waals surface area contributed by atoms with Gasteiger partial charge in [-0.25, -0.2) is 0 Å². The Kier molecular flexibility index (Phi) is 24.1. The second-order valence-corrected chi connectivity index (χ2v) is 23.0. The van der Waals surface area contributed by atoms with Gasteiger partial charge in [0.15, 0.2) is 50.3 Å². The molecule has 0 aromatic heterocycles. The van der Waals surface area contributed by atoms with Crippen molar-refractivity contribution in [2.75, 3.05) is 19.8 Å². The van der Waals surface area contributed by atoms with Crippen molar-refractivity contribution in [3.05, 3.63) is 0 Å². The molecule has 0 unspecified atom stereocenters. The van der Waals surface area contributed by atoms with E-state index in [0.29, 0.717) is 0 Å². The summed E-state index contributed by atoms with van der Waals surface area (Å²) >= 11 is 0. The molecule has 8 rings (SSSR count). The first-order valence-electron chi connectivity index (χ1n) is 28.4. The van der Waals surface area contributed by atoms with E-state index >= 15 is 0 Å². The minimum Gasteiger partial charge on any atom is -0.394 e. The summed E-state index contributed by atoms with van der Waals surface area (Å²) in [4.78, 5) is 13.1. The number of hydrogen-bond acceptors (Lipinski definition) is 36. The van der Waals surface area contributed by atoms with Gasteiger partial charge >= 0.3 is 0 Å². The van der Waals surface area contributed by atoms with Gasteiger partial charge in [0.05, 0.1) is 50.3 Å². The molecular formula is C50H85NO36. The highest BCUT2D eigenvalue weighted by Gasteiger charge is 2.60. The fourth-order valence-corrected chi connectivity index (χ4v) is 11.6. The molecule has 0 spiro atoms. The van der Waals surface area contributed by atoms with Gasteiger partial charge in [0.25, 0.3) is 0 Å². The van der Waals surface area contributed by atoms with Crippen molar-refractivity contribution >= 4 is 5.91 Å². The number of hydrogen-bond donors (Lipinski definition) is 21. The standard InChI is InChI=1S/C50H85NO36/c1-10-20(56)26(62)31(67)45(74-10)84-40-35(71)48(77-14(5)37(40)82-47-33(69)28(64)24(60)17(8-53)80-47)83-38-19(51-15(6)55)44(78-18(9-54)25(38)61)86-41-29(65)21(57)12(3)76-50(41)87-42-30(66)22(58)11(2)75-49(42)85-39-34(70)43(72)73-13(4)36(39)81-46-32(68)27(63)23(59)16(7-52)79-46/h10-14,16-50,52-54,56-72H,7-9H2,1-6H3,(H,51,55)/t10-,11-,12-,13+,14-,16+,17+,18+,19-,20-,21-,22-,23+,24+,25+,26-,27+,28+,29-,30-,31+,32-,33-,34+,35-,36+,37-,38-,39-,40+,41-,42-,43+,44-,45-,46+,47+,48-,49-,50-/m1/s1. The fraction of sp³-hybridized carbons (Fsp3) is 0.980. The summed E-state index contributed by atoms with van der Waals surface area (Å²) in [5.74, 6) is -0.887. The van der Waals surface area contributed by atoms with E-state index in [-0.39, 0.29) is 0 Å². The number of carbonyl (C=O) groups excluding carboxylic acids is 1. The summed E-state index contributed by atoms with van der Waals surface area (Å²) in [6.07, 6.45) is -71.5. The first kappa shape index (κ1) is 70.9. The molecule has 506 valence electrons. The number of nitrogens with one attached hydrogen (secondary N) is 1. The molecule has 8 aliphatic heterocycles. The first-order chi connectivity index (χ1) is 40.9. The Hall–Kier alpha value is -1.93. The summed E-state index contributed by atoms with van der Waals surface area (Å²) in [5.41, 5.74) is 0. The molecule has 1 amide bonds. The molecule has 8 saturated heterocycles. The summed E-state index contributed by atoms with van der Waals surface area (Å²) < 4.78 is 89.0. The van der Waals surface area contributed by atoms with E-state index < -0.39 is 271 Å². The second-order valence-electron chi connectivity index (χ2n) is 23.0. The highest BCUT2D eigenvalue weighted by atomic mass is 16.8. The lowest BCUT2D eigenvalue weighted by molar-refractivity contribution is -0.406. The second kappa shape index (κ2) is 29.6. The maximum Gasteiger partial charge on any atom is 0.217 e. The Morgan fingerprint density at radius 2 is 0.609 bits per heavy atom. The van der Waals surface area contributed by atoms with E-state index in [4.69, 9.17) is 71.1 Å². The van der Waals surface area contributed by atoms with Crippen LogP contribution in [0.4, 0.5) is 0 Å². The Labute approximate surface area is 495 Å². The Bertz CT molecular complexity index is 2170. The molecule has 37 nitrogen and oxygen atoms in total. The molecule has 0 aliphatic carbocycles. The molecule has 0 aromatic rings. The molecule has 37 heteroatoms. The van der Waals surface area contributed by atoms with Gasteiger partial charge in [0, 0.05) is 6.92 Å². The van der Waals surface area contributed by atoms with Crippen molar-refractivity contribution in [1.29, 1.82) is 0 Å². The number of aliphatic hydroxyl groups excluding tert-OH is 20. The van der Waals surface area contributed by atoms with E-state index in [1.54, 1.807) is 0 Å². The van der Waals surface area contributed by atoms with Crippen LogP contribution in [-0.2, 0) is 75.8 Å². The molecule has 0 saturated carbocycles. The zero-order valence-electron chi connectivity index (χ0n) is 47.7. The third-order valence-corrected chi connectivity index (χ3v) is 16.9. The predicted molar refractivity (Wildman–Crippen MR) is 269 cm³/mol. The van der Waals surface area contributed by atoms with Gasteiger partial charge in [0.1, 0.15) is 165 Å².